The number of carbonyl (C=O) groups excluding carboxylic acids is 1. The fourth-order valence-corrected chi connectivity index (χ4v) is 3.21. The van der Waals surface area contributed by atoms with E-state index in [0.717, 1.165) is 31.0 Å². The lowest BCUT2D eigenvalue weighted by Crippen LogP contribution is -2.36. The van der Waals surface area contributed by atoms with Crippen molar-refractivity contribution in [3.05, 3.63) is 46.0 Å². The van der Waals surface area contributed by atoms with Crippen LogP contribution in [0, 0.1) is 5.82 Å². The van der Waals surface area contributed by atoms with Crippen molar-refractivity contribution in [1.29, 1.82) is 0 Å². The molecule has 1 heterocycles. The minimum Gasteiger partial charge on any atom is -0.479 e. The second kappa shape index (κ2) is 7.87. The van der Waals surface area contributed by atoms with Crippen molar-refractivity contribution in [2.24, 2.45) is 0 Å². The Hall–Kier alpha value is -2.08. The van der Waals surface area contributed by atoms with E-state index in [0.29, 0.717) is 6.54 Å². The molecule has 1 atom stereocenters. The Bertz CT molecular complexity index is 763. The average molecular weight is 366 g/mol. The number of aromatic amines is 1. The van der Waals surface area contributed by atoms with E-state index in [1.165, 1.54) is 36.2 Å². The van der Waals surface area contributed by atoms with E-state index in [4.69, 9.17) is 16.3 Å². The summed E-state index contributed by atoms with van der Waals surface area (Å²) in [6, 6.07) is 3.81. The van der Waals surface area contributed by atoms with Crippen molar-refractivity contribution in [3.8, 4) is 5.75 Å². The number of ether oxygens (including phenoxy) is 1. The molecule has 0 fully saturated rings. The normalized spacial score (nSPS) is 15.2. The molecule has 25 heavy (non-hydrogen) atoms. The van der Waals surface area contributed by atoms with Gasteiger partial charge in [0.15, 0.2) is 6.10 Å². The van der Waals surface area contributed by atoms with E-state index in [9.17, 15) is 9.18 Å². The van der Waals surface area contributed by atoms with Gasteiger partial charge in [0.25, 0.3) is 5.91 Å². The highest BCUT2D eigenvalue weighted by Gasteiger charge is 2.19. The van der Waals surface area contributed by atoms with Gasteiger partial charge in [-0.25, -0.2) is 4.39 Å². The molecule has 1 aliphatic rings. The van der Waals surface area contributed by atoms with Gasteiger partial charge in [0.1, 0.15) is 11.6 Å². The molecule has 0 saturated heterocycles. The van der Waals surface area contributed by atoms with Crippen LogP contribution in [0.25, 0.3) is 0 Å². The number of halogens is 2. The van der Waals surface area contributed by atoms with Gasteiger partial charge in [-0.2, -0.15) is 5.10 Å². The number of H-pyrrole nitrogens is 1. The highest BCUT2D eigenvalue weighted by Crippen LogP contribution is 2.26. The minimum atomic E-state index is -0.750. The molecule has 1 aromatic heterocycles. The first-order valence-electron chi connectivity index (χ1n) is 8.49. The molecule has 1 amide bonds. The van der Waals surface area contributed by atoms with Gasteiger partial charge < -0.3 is 10.1 Å². The van der Waals surface area contributed by atoms with Crippen molar-refractivity contribution in [1.82, 2.24) is 15.5 Å². The third kappa shape index (κ3) is 4.31. The number of fused-ring (bicyclic) bond motifs is 1. The van der Waals surface area contributed by atoms with E-state index < -0.39 is 11.9 Å². The van der Waals surface area contributed by atoms with Crippen molar-refractivity contribution in [3.63, 3.8) is 0 Å². The van der Waals surface area contributed by atoms with Gasteiger partial charge in [-0.3, -0.25) is 9.89 Å². The van der Waals surface area contributed by atoms with Gasteiger partial charge in [0.05, 0.1) is 17.3 Å². The van der Waals surface area contributed by atoms with E-state index in [1.807, 2.05) is 0 Å². The molecule has 2 N–H and O–H groups in total. The van der Waals surface area contributed by atoms with Crippen LogP contribution in [0.2, 0.25) is 5.02 Å². The van der Waals surface area contributed by atoms with E-state index >= 15 is 0 Å². The molecule has 0 aliphatic heterocycles. The van der Waals surface area contributed by atoms with E-state index in [-0.39, 0.29) is 16.7 Å². The topological polar surface area (TPSA) is 67.0 Å². The quantitative estimate of drug-likeness (QED) is 0.796. The van der Waals surface area contributed by atoms with Crippen molar-refractivity contribution in [2.45, 2.75) is 51.7 Å². The maximum Gasteiger partial charge on any atom is 0.261 e. The standard InChI is InChI=1S/C18H21ClFN3O2/c1-11(25-17-8-7-12(20)9-14(17)19)18(24)21-10-16-13-5-3-2-4-6-15(13)22-23-16/h7-9,11H,2-6,10H2,1H3,(H,21,24)(H,22,23)/t11-/m1/s1. The summed E-state index contributed by atoms with van der Waals surface area (Å²) in [5.41, 5.74) is 3.30. The first-order valence-corrected chi connectivity index (χ1v) is 8.87. The molecule has 1 aliphatic carbocycles. The number of hydrogen-bond donors (Lipinski definition) is 2. The van der Waals surface area contributed by atoms with Crippen molar-refractivity contribution < 1.29 is 13.9 Å². The van der Waals surface area contributed by atoms with E-state index in [1.54, 1.807) is 6.92 Å². The SMILES string of the molecule is C[C@@H](Oc1ccc(F)cc1Cl)C(=O)NCc1n[nH]c2c1CCCCC2. The van der Waals surface area contributed by atoms with Gasteiger partial charge in [-0.05, 0) is 56.4 Å². The Morgan fingerprint density at radius 3 is 3.00 bits per heavy atom. The zero-order valence-corrected chi connectivity index (χ0v) is 14.8. The molecule has 3 rings (SSSR count). The summed E-state index contributed by atoms with van der Waals surface area (Å²) in [5, 5.41) is 10.4. The van der Waals surface area contributed by atoms with Crippen LogP contribution in [0.4, 0.5) is 4.39 Å². The minimum absolute atomic E-state index is 0.136. The third-order valence-corrected chi connectivity index (χ3v) is 4.68. The first kappa shape index (κ1) is 17.7. The summed E-state index contributed by atoms with van der Waals surface area (Å²) in [6.07, 6.45) is 4.80. The van der Waals surface area contributed by atoms with Crippen LogP contribution < -0.4 is 10.1 Å². The molecule has 0 bridgehead atoms. The molecule has 134 valence electrons. The van der Waals surface area contributed by atoms with Crippen LogP contribution in [-0.4, -0.2) is 22.2 Å². The lowest BCUT2D eigenvalue weighted by Gasteiger charge is -2.15. The molecule has 5 nitrogen and oxygen atoms in total. The molecule has 2 aromatic rings. The first-order chi connectivity index (χ1) is 12.0. The summed E-state index contributed by atoms with van der Waals surface area (Å²) in [6.45, 7) is 1.98. The van der Waals surface area contributed by atoms with Gasteiger partial charge in [-0.1, -0.05) is 18.0 Å². The van der Waals surface area contributed by atoms with Crippen LogP contribution in [0.5, 0.6) is 5.75 Å². The molecule has 0 spiro atoms. The number of amides is 1. The number of carbonyl (C=O) groups is 1. The number of aryl methyl sites for hydroxylation is 1. The largest absolute Gasteiger partial charge is 0.479 e. The van der Waals surface area contributed by atoms with Gasteiger partial charge in [0.2, 0.25) is 0 Å². The molecule has 0 saturated carbocycles. The molecule has 1 aromatic carbocycles. The van der Waals surface area contributed by atoms with Crippen molar-refractivity contribution >= 4 is 17.5 Å². The fraction of sp³-hybridized carbons (Fsp3) is 0.444. The van der Waals surface area contributed by atoms with Gasteiger partial charge >= 0.3 is 0 Å². The molecule has 0 radical (unpaired) electrons. The summed E-state index contributed by atoms with van der Waals surface area (Å²) in [7, 11) is 0. The van der Waals surface area contributed by atoms with Crippen LogP contribution in [0.1, 0.15) is 43.1 Å². The van der Waals surface area contributed by atoms with Gasteiger partial charge in [-0.15, -0.1) is 0 Å². The van der Waals surface area contributed by atoms with Crippen LogP contribution in [-0.2, 0) is 24.2 Å². The second-order valence-electron chi connectivity index (χ2n) is 6.24. The Morgan fingerprint density at radius 1 is 1.40 bits per heavy atom. The van der Waals surface area contributed by atoms with Crippen LogP contribution >= 0.6 is 11.6 Å². The molecular formula is C18H21ClFN3O2. The lowest BCUT2D eigenvalue weighted by atomic mass is 10.1. The maximum atomic E-state index is 13.1. The summed E-state index contributed by atoms with van der Waals surface area (Å²) >= 11 is 5.92. The predicted molar refractivity (Wildman–Crippen MR) is 93.2 cm³/mol. The number of benzene rings is 1. The number of rotatable bonds is 5. The number of nitrogens with one attached hydrogen (secondary N) is 2. The summed E-state index contributed by atoms with van der Waals surface area (Å²) in [4.78, 5) is 12.3. The monoisotopic (exact) mass is 365 g/mol. The Kier molecular flexibility index (Phi) is 5.58. The summed E-state index contributed by atoms with van der Waals surface area (Å²) < 4.78 is 18.6. The Balaban J connectivity index is 1.58. The average Bonchev–Trinajstić information content (AvgIpc) is 2.81. The number of aromatic nitrogens is 2. The Labute approximate surface area is 150 Å². The highest BCUT2D eigenvalue weighted by atomic mass is 35.5. The zero-order valence-electron chi connectivity index (χ0n) is 14.1. The van der Waals surface area contributed by atoms with Crippen LogP contribution in [0.15, 0.2) is 18.2 Å². The van der Waals surface area contributed by atoms with Crippen molar-refractivity contribution in [2.75, 3.05) is 0 Å². The second-order valence-corrected chi connectivity index (χ2v) is 6.65. The van der Waals surface area contributed by atoms with E-state index in [2.05, 4.69) is 15.5 Å². The van der Waals surface area contributed by atoms with Gasteiger partial charge in [0, 0.05) is 5.69 Å². The maximum absolute atomic E-state index is 13.1. The number of nitrogens with zero attached hydrogens (tertiary/aromatic N) is 1. The molecule has 7 heteroatoms. The fourth-order valence-electron chi connectivity index (χ4n) is 3.00. The third-order valence-electron chi connectivity index (χ3n) is 4.39. The summed E-state index contributed by atoms with van der Waals surface area (Å²) in [5.74, 6) is -0.446. The Morgan fingerprint density at radius 2 is 2.20 bits per heavy atom. The highest BCUT2D eigenvalue weighted by molar-refractivity contribution is 6.32. The zero-order chi connectivity index (χ0) is 17.8. The number of hydrogen-bond acceptors (Lipinski definition) is 3. The lowest BCUT2D eigenvalue weighted by molar-refractivity contribution is -0.127. The smallest absolute Gasteiger partial charge is 0.261 e. The van der Waals surface area contributed by atoms with Crippen LogP contribution in [0.3, 0.4) is 0 Å². The molecular weight excluding hydrogens is 345 g/mol. The predicted octanol–water partition coefficient (Wildman–Crippen LogP) is 3.55. The molecule has 0 unspecified atom stereocenters.